The Bertz CT molecular complexity index is 1130. The third-order valence-electron chi connectivity index (χ3n) is 12.5. The molecule has 4 saturated carbocycles. The summed E-state index contributed by atoms with van der Waals surface area (Å²) in [5.74, 6) is 6.08. The molecule has 0 bridgehead atoms. The largest absolute Gasteiger partial charge is 0.351 e. The van der Waals surface area contributed by atoms with E-state index >= 15 is 0 Å². The summed E-state index contributed by atoms with van der Waals surface area (Å²) in [5.41, 5.74) is 2.23. The van der Waals surface area contributed by atoms with Crippen LogP contribution in [0.15, 0.2) is 42.5 Å². The van der Waals surface area contributed by atoms with E-state index in [9.17, 15) is 4.79 Å². The Morgan fingerprint density at radius 1 is 0.975 bits per heavy atom. The summed E-state index contributed by atoms with van der Waals surface area (Å²) in [6.45, 7) is 11.1. The third-order valence-corrected chi connectivity index (χ3v) is 13.6. The zero-order valence-corrected chi connectivity index (χ0v) is 26.9. The van der Waals surface area contributed by atoms with Crippen molar-refractivity contribution in [3.8, 4) is 10.4 Å². The Morgan fingerprint density at radius 2 is 1.73 bits per heavy atom. The van der Waals surface area contributed by atoms with Crippen LogP contribution < -0.4 is 10.5 Å². The molecule has 0 saturated heterocycles. The average Bonchev–Trinajstić information content (AvgIpc) is 3.62. The first-order valence-electron chi connectivity index (χ1n) is 16.0. The van der Waals surface area contributed by atoms with E-state index in [1.165, 1.54) is 74.6 Å². The van der Waals surface area contributed by atoms with Crippen molar-refractivity contribution in [1.29, 1.82) is 0 Å². The van der Waals surface area contributed by atoms with Crippen LogP contribution in [0.4, 0.5) is 0 Å². The van der Waals surface area contributed by atoms with E-state index in [4.69, 9.17) is 0 Å². The molecule has 220 valence electrons. The number of thiophene rings is 1. The van der Waals surface area contributed by atoms with Gasteiger partial charge in [0.05, 0.1) is 4.88 Å². The standard InChI is InChI=1S/C35H49NOS.H3NS/c1-5-24-21-26-29-15-14-27(35(29,4)20-18-30(26)34(3)19-10-9-13-28(24)34)23(2)22-36-33(37)32-17-16-31(38-32)25-11-7-6-8-12-25;1-2/h6-8,11-12,16-17,23-24,26-30H,5,9-10,13-15,18-22H2,1-4H3,(H,36,37);2H,1H2/t23-,24+,26?,27?,28?,29?,30+,34?,35?;/m1./s1. The van der Waals surface area contributed by atoms with Crippen LogP contribution >= 0.6 is 24.2 Å². The highest BCUT2D eigenvalue weighted by molar-refractivity contribution is 7.77. The van der Waals surface area contributed by atoms with Crippen molar-refractivity contribution in [3.63, 3.8) is 0 Å². The molecule has 40 heavy (non-hydrogen) atoms. The SMILES string of the molecule is CC[C@H]1CC2C3CCC([C@H](C)CNC(=O)c4ccc(-c5ccccc5)s4)C3(C)CC[C@@H]2C2(C)CCCCC12.NS. The van der Waals surface area contributed by atoms with Crippen molar-refractivity contribution in [2.24, 2.45) is 57.4 Å². The molecule has 4 aliphatic rings. The molecule has 0 spiro atoms. The van der Waals surface area contributed by atoms with Gasteiger partial charge in [-0.05, 0) is 115 Å². The molecule has 0 radical (unpaired) electrons. The van der Waals surface area contributed by atoms with E-state index in [1.807, 2.05) is 12.1 Å². The Labute approximate surface area is 253 Å². The normalized spacial score (nSPS) is 37.2. The van der Waals surface area contributed by atoms with Gasteiger partial charge in [-0.3, -0.25) is 9.93 Å². The minimum absolute atomic E-state index is 0.0989. The number of amides is 1. The van der Waals surface area contributed by atoms with Gasteiger partial charge in [-0.2, -0.15) is 0 Å². The minimum Gasteiger partial charge on any atom is -0.351 e. The van der Waals surface area contributed by atoms with Gasteiger partial charge in [0, 0.05) is 11.4 Å². The Balaban J connectivity index is 0.00000158. The lowest BCUT2D eigenvalue weighted by Crippen LogP contribution is -2.55. The lowest BCUT2D eigenvalue weighted by molar-refractivity contribution is -0.137. The zero-order valence-electron chi connectivity index (χ0n) is 25.2. The second-order valence-corrected chi connectivity index (χ2v) is 15.2. The molecule has 2 aromatic rings. The molecule has 9 atom stereocenters. The second kappa shape index (κ2) is 12.5. The van der Waals surface area contributed by atoms with Crippen LogP contribution in [0.5, 0.6) is 0 Å². The van der Waals surface area contributed by atoms with Gasteiger partial charge >= 0.3 is 0 Å². The van der Waals surface area contributed by atoms with E-state index in [2.05, 4.69) is 81.3 Å². The fourth-order valence-electron chi connectivity index (χ4n) is 10.7. The zero-order chi connectivity index (χ0) is 28.5. The fraction of sp³-hybridized carbons (Fsp3) is 0.686. The van der Waals surface area contributed by atoms with Crippen LogP contribution in [-0.2, 0) is 0 Å². The average molecular weight is 581 g/mol. The number of carbonyl (C=O) groups is 1. The quantitative estimate of drug-likeness (QED) is 0.298. The van der Waals surface area contributed by atoms with Crippen LogP contribution in [0.3, 0.4) is 0 Å². The molecule has 1 heterocycles. The molecule has 3 N–H and O–H groups in total. The number of nitrogens with two attached hydrogens (primary N) is 1. The Hall–Kier alpha value is -1.30. The summed E-state index contributed by atoms with van der Waals surface area (Å²) in [6, 6.07) is 14.5. The predicted molar refractivity (Wildman–Crippen MR) is 173 cm³/mol. The van der Waals surface area contributed by atoms with Gasteiger partial charge in [0.2, 0.25) is 0 Å². The van der Waals surface area contributed by atoms with E-state index in [0.29, 0.717) is 16.7 Å². The number of nitrogens with one attached hydrogen (secondary N) is 1. The first-order valence-corrected chi connectivity index (χ1v) is 17.4. The van der Waals surface area contributed by atoms with Gasteiger partial charge in [0.25, 0.3) is 5.91 Å². The maximum Gasteiger partial charge on any atom is 0.261 e. The molecule has 5 heteroatoms. The van der Waals surface area contributed by atoms with Crippen LogP contribution in [0.1, 0.15) is 102 Å². The van der Waals surface area contributed by atoms with Crippen molar-refractivity contribution in [2.75, 3.05) is 6.54 Å². The summed E-state index contributed by atoms with van der Waals surface area (Å²) in [4.78, 5) is 15.1. The number of hydrogen-bond acceptors (Lipinski definition) is 4. The molecule has 6 rings (SSSR count). The van der Waals surface area contributed by atoms with Crippen molar-refractivity contribution in [2.45, 2.75) is 91.9 Å². The van der Waals surface area contributed by atoms with Crippen LogP contribution in [0.2, 0.25) is 0 Å². The summed E-state index contributed by atoms with van der Waals surface area (Å²) in [6.07, 6.45) is 14.4. The number of fused-ring (bicyclic) bond motifs is 5. The van der Waals surface area contributed by atoms with Crippen molar-refractivity contribution in [3.05, 3.63) is 47.3 Å². The summed E-state index contributed by atoms with van der Waals surface area (Å²) in [5, 5.41) is 7.53. The van der Waals surface area contributed by atoms with Gasteiger partial charge in [-0.25, -0.2) is 0 Å². The lowest BCUT2D eigenvalue weighted by Gasteiger charge is -2.63. The van der Waals surface area contributed by atoms with Crippen molar-refractivity contribution in [1.82, 2.24) is 5.32 Å². The van der Waals surface area contributed by atoms with E-state index in [-0.39, 0.29) is 5.91 Å². The summed E-state index contributed by atoms with van der Waals surface area (Å²) < 4.78 is 0. The van der Waals surface area contributed by atoms with Crippen molar-refractivity contribution >= 4 is 30.1 Å². The van der Waals surface area contributed by atoms with Gasteiger partial charge < -0.3 is 5.32 Å². The topological polar surface area (TPSA) is 55.1 Å². The minimum atomic E-state index is 0.0989. The van der Waals surface area contributed by atoms with Gasteiger partial charge in [0.15, 0.2) is 0 Å². The highest BCUT2D eigenvalue weighted by Crippen LogP contribution is 2.69. The molecule has 1 aromatic carbocycles. The molecule has 3 nitrogen and oxygen atoms in total. The number of thiol groups is 1. The monoisotopic (exact) mass is 580 g/mol. The predicted octanol–water partition coefficient (Wildman–Crippen LogP) is 9.26. The summed E-state index contributed by atoms with van der Waals surface area (Å²) in [7, 11) is 0. The van der Waals surface area contributed by atoms with Gasteiger partial charge in [-0.15, -0.1) is 24.2 Å². The number of hydrogen-bond donors (Lipinski definition) is 3. The highest BCUT2D eigenvalue weighted by Gasteiger charge is 2.61. The molecule has 4 aliphatic carbocycles. The van der Waals surface area contributed by atoms with E-state index in [0.717, 1.165) is 46.9 Å². The maximum absolute atomic E-state index is 13.1. The molecule has 0 aliphatic heterocycles. The van der Waals surface area contributed by atoms with E-state index < -0.39 is 0 Å². The highest BCUT2D eigenvalue weighted by atomic mass is 32.1. The third kappa shape index (κ3) is 5.33. The smallest absolute Gasteiger partial charge is 0.261 e. The van der Waals surface area contributed by atoms with Crippen LogP contribution in [0.25, 0.3) is 10.4 Å². The van der Waals surface area contributed by atoms with Gasteiger partial charge in [-0.1, -0.05) is 77.3 Å². The number of rotatable bonds is 6. The number of carbonyl (C=O) groups excluding carboxylic acids is 1. The van der Waals surface area contributed by atoms with Crippen LogP contribution in [0, 0.1) is 52.3 Å². The lowest BCUT2D eigenvalue weighted by atomic mass is 9.42. The molecule has 1 aromatic heterocycles. The maximum atomic E-state index is 13.1. The summed E-state index contributed by atoms with van der Waals surface area (Å²) >= 11 is 4.63. The van der Waals surface area contributed by atoms with Crippen molar-refractivity contribution < 1.29 is 4.79 Å². The first-order chi connectivity index (χ1) is 19.3. The second-order valence-electron chi connectivity index (χ2n) is 14.1. The van der Waals surface area contributed by atoms with E-state index in [1.54, 1.807) is 11.3 Å². The Kier molecular flexibility index (Phi) is 9.44. The number of benzene rings is 1. The Morgan fingerprint density at radius 3 is 2.48 bits per heavy atom. The van der Waals surface area contributed by atoms with Gasteiger partial charge in [0.1, 0.15) is 0 Å². The van der Waals surface area contributed by atoms with Crippen LogP contribution in [-0.4, -0.2) is 12.5 Å². The fourth-order valence-corrected chi connectivity index (χ4v) is 11.6. The first kappa shape index (κ1) is 30.2. The molecular weight excluding hydrogens is 529 g/mol. The molecular formula is C35H52N2OS2. The molecule has 6 unspecified atom stereocenters. The molecule has 1 amide bonds. The molecule has 4 fully saturated rings.